The normalized spacial score (nSPS) is 19.5. The monoisotopic (exact) mass is 302 g/mol. The highest BCUT2D eigenvalue weighted by molar-refractivity contribution is 5.40. The molecular weight excluding hydrogens is 280 g/mol. The molecule has 0 amide bonds. The molecule has 0 spiro atoms. The van der Waals surface area contributed by atoms with E-state index in [-0.39, 0.29) is 12.4 Å². The lowest BCUT2D eigenvalue weighted by Gasteiger charge is -2.32. The van der Waals surface area contributed by atoms with Crippen LogP contribution in [0.2, 0.25) is 0 Å². The maximum atomic E-state index is 10.3. The number of aromatic nitrogens is 3. The van der Waals surface area contributed by atoms with Crippen molar-refractivity contribution in [2.24, 2.45) is 0 Å². The van der Waals surface area contributed by atoms with Crippen LogP contribution in [0.15, 0.2) is 18.5 Å². The van der Waals surface area contributed by atoms with E-state index < -0.39 is 0 Å². The number of piperidine rings is 1. The van der Waals surface area contributed by atoms with Crippen LogP contribution in [0.4, 0.5) is 0 Å². The number of aliphatic hydroxyl groups is 1. The van der Waals surface area contributed by atoms with E-state index in [4.69, 9.17) is 0 Å². The van der Waals surface area contributed by atoms with Crippen molar-refractivity contribution in [3.63, 3.8) is 0 Å². The molecule has 3 rings (SSSR count). The standard InChI is InChI=1S/C16H22N4O2/c1-11-16(22)14(13(10-21)7-17-11)9-20-6-2-3-12(8-20)15-4-5-18-19-15/h4-5,7,12,21-22H,2-3,6,8-10H2,1H3,(H,18,19)/t12-/m1/s1. The van der Waals surface area contributed by atoms with Gasteiger partial charge in [0.15, 0.2) is 0 Å². The third-order valence-corrected chi connectivity index (χ3v) is 4.45. The average Bonchev–Trinajstić information content (AvgIpc) is 3.07. The molecule has 2 aromatic rings. The lowest BCUT2D eigenvalue weighted by molar-refractivity contribution is 0.193. The zero-order valence-corrected chi connectivity index (χ0v) is 12.8. The first kappa shape index (κ1) is 15.0. The molecule has 1 aliphatic heterocycles. The minimum absolute atomic E-state index is 0.103. The van der Waals surface area contributed by atoms with Gasteiger partial charge in [-0.3, -0.25) is 15.0 Å². The molecule has 0 radical (unpaired) electrons. The van der Waals surface area contributed by atoms with Crippen molar-refractivity contribution in [3.8, 4) is 5.75 Å². The fourth-order valence-electron chi connectivity index (χ4n) is 3.17. The van der Waals surface area contributed by atoms with Gasteiger partial charge in [-0.1, -0.05) is 0 Å². The molecule has 118 valence electrons. The maximum Gasteiger partial charge on any atom is 0.141 e. The highest BCUT2D eigenvalue weighted by atomic mass is 16.3. The summed E-state index contributed by atoms with van der Waals surface area (Å²) in [6, 6.07) is 2.03. The Bertz CT molecular complexity index is 627. The summed E-state index contributed by atoms with van der Waals surface area (Å²) >= 11 is 0. The summed E-state index contributed by atoms with van der Waals surface area (Å²) in [4.78, 5) is 6.44. The topological polar surface area (TPSA) is 85.3 Å². The van der Waals surface area contributed by atoms with Gasteiger partial charge in [-0.05, 0) is 32.4 Å². The average molecular weight is 302 g/mol. The van der Waals surface area contributed by atoms with Crippen molar-refractivity contribution in [1.82, 2.24) is 20.1 Å². The number of aryl methyl sites for hydroxylation is 1. The zero-order valence-electron chi connectivity index (χ0n) is 12.8. The van der Waals surface area contributed by atoms with E-state index in [0.29, 0.717) is 23.7 Å². The van der Waals surface area contributed by atoms with Gasteiger partial charge in [-0.2, -0.15) is 5.10 Å². The third-order valence-electron chi connectivity index (χ3n) is 4.45. The predicted octanol–water partition coefficient (Wildman–Crippen LogP) is 1.69. The number of hydrogen-bond acceptors (Lipinski definition) is 5. The van der Waals surface area contributed by atoms with Crippen molar-refractivity contribution < 1.29 is 10.2 Å². The third kappa shape index (κ3) is 2.98. The molecule has 0 bridgehead atoms. The Morgan fingerprint density at radius 3 is 3.05 bits per heavy atom. The van der Waals surface area contributed by atoms with E-state index in [1.54, 1.807) is 19.3 Å². The molecule has 0 saturated carbocycles. The van der Waals surface area contributed by atoms with Gasteiger partial charge in [0.05, 0.1) is 12.3 Å². The van der Waals surface area contributed by atoms with Crippen LogP contribution in [0.25, 0.3) is 0 Å². The van der Waals surface area contributed by atoms with Gasteiger partial charge in [0.2, 0.25) is 0 Å². The highest BCUT2D eigenvalue weighted by Crippen LogP contribution is 2.30. The Hall–Kier alpha value is -1.92. The Morgan fingerprint density at radius 2 is 2.32 bits per heavy atom. The van der Waals surface area contributed by atoms with Crippen molar-refractivity contribution >= 4 is 0 Å². The van der Waals surface area contributed by atoms with Gasteiger partial charge < -0.3 is 10.2 Å². The summed E-state index contributed by atoms with van der Waals surface area (Å²) in [5.74, 6) is 0.647. The second kappa shape index (κ2) is 6.46. The van der Waals surface area contributed by atoms with E-state index in [2.05, 4.69) is 20.1 Å². The number of aliphatic hydroxyl groups excluding tert-OH is 1. The van der Waals surface area contributed by atoms with Gasteiger partial charge in [0.1, 0.15) is 5.75 Å². The number of H-pyrrole nitrogens is 1. The molecule has 6 nitrogen and oxygen atoms in total. The van der Waals surface area contributed by atoms with Crippen molar-refractivity contribution in [2.45, 2.75) is 38.8 Å². The first-order valence-corrected chi connectivity index (χ1v) is 7.68. The Morgan fingerprint density at radius 1 is 1.45 bits per heavy atom. The van der Waals surface area contributed by atoms with E-state index >= 15 is 0 Å². The number of nitrogens with zero attached hydrogens (tertiary/aromatic N) is 3. The largest absolute Gasteiger partial charge is 0.506 e. The lowest BCUT2D eigenvalue weighted by atomic mass is 9.94. The molecule has 0 aromatic carbocycles. The van der Waals surface area contributed by atoms with E-state index in [9.17, 15) is 10.2 Å². The van der Waals surface area contributed by atoms with Gasteiger partial charge in [0, 0.05) is 48.2 Å². The maximum absolute atomic E-state index is 10.3. The number of aromatic hydroxyl groups is 1. The van der Waals surface area contributed by atoms with Gasteiger partial charge in [-0.15, -0.1) is 0 Å². The molecule has 3 heterocycles. The van der Waals surface area contributed by atoms with Crippen LogP contribution in [0, 0.1) is 6.92 Å². The van der Waals surface area contributed by atoms with Crippen LogP contribution in [0.1, 0.15) is 41.3 Å². The van der Waals surface area contributed by atoms with E-state index in [1.165, 1.54) is 5.69 Å². The van der Waals surface area contributed by atoms with Gasteiger partial charge in [0.25, 0.3) is 0 Å². The van der Waals surface area contributed by atoms with Crippen LogP contribution >= 0.6 is 0 Å². The molecular formula is C16H22N4O2. The van der Waals surface area contributed by atoms with Crippen LogP contribution in [-0.2, 0) is 13.2 Å². The molecule has 22 heavy (non-hydrogen) atoms. The lowest BCUT2D eigenvalue weighted by Crippen LogP contribution is -2.34. The van der Waals surface area contributed by atoms with Gasteiger partial charge in [-0.25, -0.2) is 0 Å². The van der Waals surface area contributed by atoms with Crippen molar-refractivity contribution in [1.29, 1.82) is 0 Å². The van der Waals surface area contributed by atoms with Crippen LogP contribution in [-0.4, -0.2) is 43.4 Å². The zero-order chi connectivity index (χ0) is 15.5. The summed E-state index contributed by atoms with van der Waals surface area (Å²) in [5.41, 5.74) is 3.27. The van der Waals surface area contributed by atoms with Gasteiger partial charge >= 0.3 is 0 Å². The molecule has 0 aliphatic carbocycles. The summed E-state index contributed by atoms with van der Waals surface area (Å²) in [6.07, 6.45) is 5.70. The number of nitrogens with one attached hydrogen (secondary N) is 1. The quantitative estimate of drug-likeness (QED) is 0.800. The Balaban J connectivity index is 1.77. The number of likely N-dealkylation sites (tertiary alicyclic amines) is 1. The number of aromatic amines is 1. The molecule has 3 N–H and O–H groups in total. The second-order valence-electron chi connectivity index (χ2n) is 5.94. The Kier molecular flexibility index (Phi) is 4.40. The Labute approximate surface area is 129 Å². The molecule has 0 unspecified atom stereocenters. The summed E-state index contributed by atoms with van der Waals surface area (Å²) in [7, 11) is 0. The van der Waals surface area contributed by atoms with Crippen LogP contribution < -0.4 is 0 Å². The van der Waals surface area contributed by atoms with Crippen molar-refractivity contribution in [3.05, 3.63) is 41.0 Å². The van der Waals surface area contributed by atoms with Crippen molar-refractivity contribution in [2.75, 3.05) is 13.1 Å². The smallest absolute Gasteiger partial charge is 0.141 e. The molecule has 1 fully saturated rings. The van der Waals surface area contributed by atoms with E-state index in [0.717, 1.165) is 31.5 Å². The first-order chi connectivity index (χ1) is 10.7. The summed E-state index contributed by atoms with van der Waals surface area (Å²) < 4.78 is 0. The fourth-order valence-corrected chi connectivity index (χ4v) is 3.17. The molecule has 2 aromatic heterocycles. The first-order valence-electron chi connectivity index (χ1n) is 7.68. The van der Waals surface area contributed by atoms with Crippen LogP contribution in [0.3, 0.4) is 0 Å². The minimum atomic E-state index is -0.103. The summed E-state index contributed by atoms with van der Waals surface area (Å²) in [6.45, 7) is 4.23. The number of pyridine rings is 1. The highest BCUT2D eigenvalue weighted by Gasteiger charge is 2.24. The second-order valence-corrected chi connectivity index (χ2v) is 5.94. The number of hydrogen-bond donors (Lipinski definition) is 3. The molecule has 1 saturated heterocycles. The molecule has 6 heteroatoms. The number of rotatable bonds is 4. The predicted molar refractivity (Wildman–Crippen MR) is 82.4 cm³/mol. The summed E-state index contributed by atoms with van der Waals surface area (Å²) in [5, 5.41) is 26.8. The van der Waals surface area contributed by atoms with E-state index in [1.807, 2.05) is 6.07 Å². The minimum Gasteiger partial charge on any atom is -0.506 e. The molecule has 1 atom stereocenters. The fraction of sp³-hybridized carbons (Fsp3) is 0.500. The SMILES string of the molecule is Cc1ncc(CO)c(CN2CCC[C@@H](c3ccn[nH]3)C2)c1O. The molecule has 1 aliphatic rings. The van der Waals surface area contributed by atoms with Crippen LogP contribution in [0.5, 0.6) is 5.75 Å².